The molecule has 1 saturated carbocycles. The van der Waals surface area contributed by atoms with Crippen LogP contribution >= 0.6 is 11.8 Å². The van der Waals surface area contributed by atoms with Crippen molar-refractivity contribution in [1.82, 2.24) is 5.32 Å². The fourth-order valence-corrected chi connectivity index (χ4v) is 3.64. The van der Waals surface area contributed by atoms with Crippen molar-refractivity contribution in [3.63, 3.8) is 0 Å². The van der Waals surface area contributed by atoms with Crippen LogP contribution in [0.3, 0.4) is 0 Å². The van der Waals surface area contributed by atoms with Gasteiger partial charge in [0.05, 0.1) is 12.2 Å². The smallest absolute Gasteiger partial charge is 0.0697 e. The lowest BCUT2D eigenvalue weighted by atomic mass is 9.74. The SMILES string of the molecule is CSC(CO)C(C)NC1CCOC2(CCC2)C1. The highest BCUT2D eigenvalue weighted by Gasteiger charge is 2.42. The summed E-state index contributed by atoms with van der Waals surface area (Å²) in [5.41, 5.74) is 0.212. The molecule has 0 radical (unpaired) electrons. The van der Waals surface area contributed by atoms with Gasteiger partial charge in [-0.25, -0.2) is 0 Å². The van der Waals surface area contributed by atoms with Gasteiger partial charge in [-0.15, -0.1) is 0 Å². The van der Waals surface area contributed by atoms with Crippen molar-refractivity contribution < 1.29 is 9.84 Å². The van der Waals surface area contributed by atoms with Gasteiger partial charge >= 0.3 is 0 Å². The molecular formula is C13H25NO2S. The summed E-state index contributed by atoms with van der Waals surface area (Å²) in [6.45, 7) is 3.33. The van der Waals surface area contributed by atoms with Crippen LogP contribution in [0.4, 0.5) is 0 Å². The van der Waals surface area contributed by atoms with Crippen LogP contribution in [-0.2, 0) is 4.74 Å². The van der Waals surface area contributed by atoms with Crippen molar-refractivity contribution in [3.05, 3.63) is 0 Å². The van der Waals surface area contributed by atoms with Gasteiger partial charge in [-0.2, -0.15) is 11.8 Å². The highest BCUT2D eigenvalue weighted by Crippen LogP contribution is 2.42. The molecule has 3 atom stereocenters. The number of hydrogen-bond acceptors (Lipinski definition) is 4. The molecule has 0 aromatic rings. The third kappa shape index (κ3) is 3.16. The van der Waals surface area contributed by atoms with Crippen LogP contribution in [0.15, 0.2) is 0 Å². The molecule has 0 aromatic carbocycles. The summed E-state index contributed by atoms with van der Waals surface area (Å²) in [4.78, 5) is 0. The standard InChI is InChI=1S/C13H25NO2S/c1-10(12(9-15)17-2)14-11-4-7-16-13(8-11)5-3-6-13/h10-12,14-15H,3-9H2,1-2H3. The minimum atomic E-state index is 0.212. The molecule has 0 bridgehead atoms. The highest BCUT2D eigenvalue weighted by atomic mass is 32.2. The average molecular weight is 259 g/mol. The molecule has 0 amide bonds. The van der Waals surface area contributed by atoms with E-state index in [1.54, 1.807) is 11.8 Å². The second-order valence-electron chi connectivity index (χ2n) is 5.49. The first kappa shape index (κ1) is 13.7. The van der Waals surface area contributed by atoms with Crippen molar-refractivity contribution in [3.8, 4) is 0 Å². The topological polar surface area (TPSA) is 41.5 Å². The van der Waals surface area contributed by atoms with E-state index in [1.807, 2.05) is 0 Å². The summed E-state index contributed by atoms with van der Waals surface area (Å²) in [7, 11) is 0. The largest absolute Gasteiger partial charge is 0.395 e. The third-order valence-corrected chi connectivity index (χ3v) is 5.46. The lowest BCUT2D eigenvalue weighted by Crippen LogP contribution is -2.54. The summed E-state index contributed by atoms with van der Waals surface area (Å²) >= 11 is 1.74. The zero-order chi connectivity index (χ0) is 12.3. The number of rotatable bonds is 5. The monoisotopic (exact) mass is 259 g/mol. The Hall–Kier alpha value is 0.230. The van der Waals surface area contributed by atoms with Crippen LogP contribution in [0.1, 0.15) is 39.0 Å². The number of thioether (sulfide) groups is 1. The number of ether oxygens (including phenoxy) is 1. The zero-order valence-corrected chi connectivity index (χ0v) is 11.8. The van der Waals surface area contributed by atoms with Crippen molar-refractivity contribution in [2.75, 3.05) is 19.5 Å². The number of aliphatic hydroxyl groups excluding tert-OH is 1. The molecule has 2 fully saturated rings. The van der Waals surface area contributed by atoms with Crippen LogP contribution in [-0.4, -0.2) is 47.5 Å². The lowest BCUT2D eigenvalue weighted by Gasteiger charge is -2.48. The summed E-state index contributed by atoms with van der Waals surface area (Å²) in [6.07, 6.45) is 8.14. The van der Waals surface area contributed by atoms with Gasteiger partial charge < -0.3 is 15.2 Å². The van der Waals surface area contributed by atoms with Gasteiger partial charge in [-0.05, 0) is 45.3 Å². The Morgan fingerprint density at radius 2 is 2.29 bits per heavy atom. The summed E-state index contributed by atoms with van der Waals surface area (Å²) in [6, 6.07) is 0.940. The second-order valence-corrected chi connectivity index (χ2v) is 6.56. The molecule has 100 valence electrons. The predicted octanol–water partition coefficient (Wildman–Crippen LogP) is 1.79. The van der Waals surface area contributed by atoms with Crippen molar-refractivity contribution >= 4 is 11.8 Å². The van der Waals surface area contributed by atoms with Crippen LogP contribution < -0.4 is 5.32 Å². The van der Waals surface area contributed by atoms with Gasteiger partial charge in [0.2, 0.25) is 0 Å². The quantitative estimate of drug-likeness (QED) is 0.790. The lowest BCUT2D eigenvalue weighted by molar-refractivity contribution is -0.136. The van der Waals surface area contributed by atoms with Crippen molar-refractivity contribution in [1.29, 1.82) is 0 Å². The highest BCUT2D eigenvalue weighted by molar-refractivity contribution is 7.99. The Bertz CT molecular complexity index is 242. The summed E-state index contributed by atoms with van der Waals surface area (Å²) in [5.74, 6) is 0. The number of nitrogens with one attached hydrogen (secondary N) is 1. The van der Waals surface area contributed by atoms with E-state index in [4.69, 9.17) is 4.74 Å². The molecule has 3 nitrogen and oxygen atoms in total. The van der Waals surface area contributed by atoms with E-state index in [1.165, 1.54) is 19.3 Å². The molecule has 17 heavy (non-hydrogen) atoms. The number of aliphatic hydroxyl groups is 1. The van der Waals surface area contributed by atoms with Gasteiger partial charge in [0.1, 0.15) is 0 Å². The Morgan fingerprint density at radius 3 is 2.82 bits per heavy atom. The predicted molar refractivity (Wildman–Crippen MR) is 72.5 cm³/mol. The first-order valence-electron chi connectivity index (χ1n) is 6.73. The van der Waals surface area contributed by atoms with Crippen LogP contribution in [0.2, 0.25) is 0 Å². The van der Waals surface area contributed by atoms with Gasteiger partial charge in [0.25, 0.3) is 0 Å². The molecule has 2 N–H and O–H groups in total. The van der Waals surface area contributed by atoms with E-state index in [2.05, 4.69) is 18.5 Å². The van der Waals surface area contributed by atoms with Crippen LogP contribution in [0.5, 0.6) is 0 Å². The third-order valence-electron chi connectivity index (χ3n) is 4.30. The second kappa shape index (κ2) is 5.91. The van der Waals surface area contributed by atoms with E-state index < -0.39 is 0 Å². The normalized spacial score (nSPS) is 30.9. The molecule has 4 heteroatoms. The Morgan fingerprint density at radius 1 is 1.53 bits per heavy atom. The molecule has 1 aliphatic heterocycles. The van der Waals surface area contributed by atoms with Gasteiger partial charge in [0, 0.05) is 23.9 Å². The minimum absolute atomic E-state index is 0.212. The molecule has 2 rings (SSSR count). The van der Waals surface area contributed by atoms with E-state index in [0.717, 1.165) is 19.4 Å². The first-order valence-corrected chi connectivity index (χ1v) is 8.01. The molecule has 1 heterocycles. The van der Waals surface area contributed by atoms with Crippen LogP contribution in [0, 0.1) is 0 Å². The van der Waals surface area contributed by atoms with Crippen molar-refractivity contribution in [2.45, 2.75) is 62.0 Å². The maximum absolute atomic E-state index is 9.30. The zero-order valence-electron chi connectivity index (χ0n) is 10.9. The van der Waals surface area contributed by atoms with Gasteiger partial charge in [-0.1, -0.05) is 0 Å². The maximum atomic E-state index is 9.30. The molecular weight excluding hydrogens is 234 g/mol. The molecule has 3 unspecified atom stereocenters. The molecule has 1 aliphatic carbocycles. The van der Waals surface area contributed by atoms with E-state index in [9.17, 15) is 5.11 Å². The molecule has 2 aliphatic rings. The van der Waals surface area contributed by atoms with Gasteiger partial charge in [-0.3, -0.25) is 0 Å². The van der Waals surface area contributed by atoms with Crippen molar-refractivity contribution in [2.24, 2.45) is 0 Å². The Balaban J connectivity index is 1.81. The molecule has 1 saturated heterocycles. The van der Waals surface area contributed by atoms with E-state index >= 15 is 0 Å². The van der Waals surface area contributed by atoms with Crippen LogP contribution in [0.25, 0.3) is 0 Å². The maximum Gasteiger partial charge on any atom is 0.0697 e. The summed E-state index contributed by atoms with van der Waals surface area (Å²) in [5, 5.41) is 13.3. The average Bonchev–Trinajstić information content (AvgIpc) is 2.29. The van der Waals surface area contributed by atoms with E-state index in [-0.39, 0.29) is 12.2 Å². The Kier molecular flexibility index (Phi) is 4.75. The van der Waals surface area contributed by atoms with Gasteiger partial charge in [0.15, 0.2) is 0 Å². The fraction of sp³-hybridized carbons (Fsp3) is 1.00. The summed E-state index contributed by atoms with van der Waals surface area (Å²) < 4.78 is 5.93. The van der Waals surface area contributed by atoms with E-state index in [0.29, 0.717) is 17.3 Å². The number of hydrogen-bond donors (Lipinski definition) is 2. The first-order chi connectivity index (χ1) is 8.19. The molecule has 1 spiro atoms. The molecule has 0 aromatic heterocycles. The fourth-order valence-electron chi connectivity index (χ4n) is 3.01. The Labute approximate surface area is 109 Å². The minimum Gasteiger partial charge on any atom is -0.395 e.